The predicted octanol–water partition coefficient (Wildman–Crippen LogP) is 6.03. The second-order valence-corrected chi connectivity index (χ2v) is 9.59. The van der Waals surface area contributed by atoms with Gasteiger partial charge in [-0.2, -0.15) is 31.4 Å². The number of carboxylic acid groups (broad SMARTS) is 1. The van der Waals surface area contributed by atoms with Crippen LogP contribution in [0.3, 0.4) is 0 Å². The van der Waals surface area contributed by atoms with E-state index in [1.807, 2.05) is 0 Å². The molecular weight excluding hydrogens is 561 g/mol. The molecule has 2 heterocycles. The lowest BCUT2D eigenvalue weighted by Gasteiger charge is -2.22. The molecule has 0 spiro atoms. The predicted molar refractivity (Wildman–Crippen MR) is 133 cm³/mol. The third-order valence-corrected chi connectivity index (χ3v) is 6.74. The Bertz CT molecular complexity index is 1430. The number of aryl methyl sites for hydroxylation is 1. The maximum atomic E-state index is 13.9. The van der Waals surface area contributed by atoms with Crippen molar-refractivity contribution >= 4 is 17.7 Å². The van der Waals surface area contributed by atoms with Crippen LogP contribution in [0.15, 0.2) is 42.5 Å². The van der Waals surface area contributed by atoms with E-state index < -0.39 is 53.8 Å². The third-order valence-electron chi connectivity index (χ3n) is 6.74. The topological polar surface area (TPSA) is 87.5 Å². The Labute approximate surface area is 229 Å². The van der Waals surface area contributed by atoms with Crippen LogP contribution < -0.4 is 10.2 Å². The van der Waals surface area contributed by atoms with Crippen molar-refractivity contribution in [1.29, 1.82) is 0 Å². The standard InChI is InChI=1S/C27H25F7N4O3/c1-15(17-6-8-19(9-7-17)25(40)41)35-23(39)21-22(27(32,33)34)36-38-12-11-37(24(21)38)14-16-4-5-18(3-2-10-28)20(13-16)26(29,30)31/h4-9,13,15H,2-3,10-12,14H2,1H3,(H,35,39)(H,40,41). The molecule has 0 radical (unpaired) electrons. The smallest absolute Gasteiger partial charge is 0.436 e. The van der Waals surface area contributed by atoms with Gasteiger partial charge in [0, 0.05) is 13.1 Å². The summed E-state index contributed by atoms with van der Waals surface area (Å²) < 4.78 is 96.5. The third kappa shape index (κ3) is 6.46. The van der Waals surface area contributed by atoms with Gasteiger partial charge in [-0.15, -0.1) is 0 Å². The molecule has 1 amide bonds. The van der Waals surface area contributed by atoms with Gasteiger partial charge >= 0.3 is 18.3 Å². The molecule has 1 aliphatic heterocycles. The Morgan fingerprint density at radius 1 is 1.02 bits per heavy atom. The minimum Gasteiger partial charge on any atom is -0.478 e. The fourth-order valence-corrected chi connectivity index (χ4v) is 4.76. The Morgan fingerprint density at radius 3 is 2.29 bits per heavy atom. The summed E-state index contributed by atoms with van der Waals surface area (Å²) in [5.41, 5.74) is -2.67. The Morgan fingerprint density at radius 2 is 1.71 bits per heavy atom. The van der Waals surface area contributed by atoms with Gasteiger partial charge in [0.2, 0.25) is 0 Å². The zero-order valence-corrected chi connectivity index (χ0v) is 21.6. The van der Waals surface area contributed by atoms with Crippen molar-refractivity contribution in [3.8, 4) is 0 Å². The number of hydrogen-bond donors (Lipinski definition) is 2. The molecule has 4 rings (SSSR count). The Kier molecular flexibility index (Phi) is 8.31. The number of halogens is 7. The number of nitrogens with one attached hydrogen (secondary N) is 1. The number of carboxylic acids is 1. The van der Waals surface area contributed by atoms with E-state index in [9.17, 15) is 40.3 Å². The first kappa shape index (κ1) is 29.9. The van der Waals surface area contributed by atoms with Crippen LogP contribution in [0.4, 0.5) is 36.6 Å². The first-order chi connectivity index (χ1) is 19.2. The second-order valence-electron chi connectivity index (χ2n) is 9.59. The molecule has 1 unspecified atom stereocenters. The number of carbonyl (C=O) groups is 2. The summed E-state index contributed by atoms with van der Waals surface area (Å²) in [4.78, 5) is 25.7. The molecule has 2 aromatic carbocycles. The molecule has 0 saturated heterocycles. The minimum atomic E-state index is -5.00. The molecule has 2 N–H and O–H groups in total. The quantitative estimate of drug-likeness (QED) is 0.299. The summed E-state index contributed by atoms with van der Waals surface area (Å²) in [5, 5.41) is 15.1. The van der Waals surface area contributed by atoms with Gasteiger partial charge in [-0.05, 0) is 54.7 Å². The fraction of sp³-hybridized carbons (Fsp3) is 0.370. The van der Waals surface area contributed by atoms with Gasteiger partial charge in [0.25, 0.3) is 5.91 Å². The first-order valence-corrected chi connectivity index (χ1v) is 12.5. The normalized spacial score (nSPS) is 14.2. The number of aromatic nitrogens is 2. The highest BCUT2D eigenvalue weighted by Gasteiger charge is 2.44. The van der Waals surface area contributed by atoms with Gasteiger partial charge in [0.05, 0.1) is 30.4 Å². The average molecular weight is 587 g/mol. The highest BCUT2D eigenvalue weighted by atomic mass is 19.4. The van der Waals surface area contributed by atoms with Crippen molar-refractivity contribution in [1.82, 2.24) is 15.1 Å². The van der Waals surface area contributed by atoms with E-state index >= 15 is 0 Å². The van der Waals surface area contributed by atoms with E-state index in [1.165, 1.54) is 48.2 Å². The van der Waals surface area contributed by atoms with Gasteiger partial charge in [-0.25, -0.2) is 9.48 Å². The minimum absolute atomic E-state index is 0.0131. The molecule has 0 fully saturated rings. The molecular formula is C27H25F7N4O3. The molecule has 0 bridgehead atoms. The number of rotatable bonds is 9. The molecule has 0 aliphatic carbocycles. The molecule has 3 aromatic rings. The zero-order valence-electron chi connectivity index (χ0n) is 21.6. The molecule has 7 nitrogen and oxygen atoms in total. The Balaban J connectivity index is 1.65. The number of alkyl halides is 7. The number of nitrogens with zero attached hydrogens (tertiary/aromatic N) is 3. The number of amides is 1. The average Bonchev–Trinajstić information content (AvgIpc) is 3.47. The van der Waals surface area contributed by atoms with Crippen molar-refractivity contribution in [3.63, 3.8) is 0 Å². The van der Waals surface area contributed by atoms with E-state index in [1.54, 1.807) is 0 Å². The summed E-state index contributed by atoms with van der Waals surface area (Å²) in [7, 11) is 0. The van der Waals surface area contributed by atoms with Crippen LogP contribution in [0.25, 0.3) is 0 Å². The van der Waals surface area contributed by atoms with Crippen LogP contribution >= 0.6 is 0 Å². The van der Waals surface area contributed by atoms with Gasteiger partial charge < -0.3 is 15.3 Å². The molecule has 41 heavy (non-hydrogen) atoms. The van der Waals surface area contributed by atoms with Gasteiger partial charge in [-0.3, -0.25) is 9.18 Å². The zero-order chi connectivity index (χ0) is 30.1. The monoisotopic (exact) mass is 586 g/mol. The van der Waals surface area contributed by atoms with Crippen molar-refractivity contribution in [2.75, 3.05) is 18.1 Å². The molecule has 0 saturated carbocycles. The summed E-state index contributed by atoms with van der Waals surface area (Å²) >= 11 is 0. The summed E-state index contributed by atoms with van der Waals surface area (Å²) in [6, 6.07) is 8.12. The number of benzene rings is 2. The van der Waals surface area contributed by atoms with Gasteiger partial charge in [0.1, 0.15) is 11.4 Å². The second kappa shape index (κ2) is 11.4. The number of aromatic carboxylic acids is 1. The largest absolute Gasteiger partial charge is 0.478 e. The van der Waals surface area contributed by atoms with Crippen LogP contribution in [0.2, 0.25) is 0 Å². The molecule has 1 aromatic heterocycles. The van der Waals surface area contributed by atoms with Crippen LogP contribution in [0.5, 0.6) is 0 Å². The SMILES string of the molecule is CC(NC(=O)c1c(C(F)(F)F)nn2c1N(Cc1ccc(CCCF)c(C(F)(F)F)c1)CC2)c1ccc(C(=O)O)cc1. The lowest BCUT2D eigenvalue weighted by molar-refractivity contribution is -0.142. The van der Waals surface area contributed by atoms with E-state index in [0.29, 0.717) is 5.56 Å². The summed E-state index contributed by atoms with van der Waals surface area (Å²) in [6.07, 6.45) is -9.93. The van der Waals surface area contributed by atoms with Crippen molar-refractivity contribution < 1.29 is 45.4 Å². The lowest BCUT2D eigenvalue weighted by Crippen LogP contribution is -2.31. The Hall–Kier alpha value is -4.10. The number of anilines is 1. The van der Waals surface area contributed by atoms with Crippen LogP contribution in [0.1, 0.15) is 68.1 Å². The van der Waals surface area contributed by atoms with Gasteiger partial charge in [-0.1, -0.05) is 24.3 Å². The highest BCUT2D eigenvalue weighted by molar-refractivity contribution is 6.01. The molecule has 14 heteroatoms. The van der Waals surface area contributed by atoms with E-state index in [2.05, 4.69) is 10.4 Å². The molecule has 220 valence electrons. The van der Waals surface area contributed by atoms with Crippen molar-refractivity contribution in [2.24, 2.45) is 0 Å². The van der Waals surface area contributed by atoms with Crippen LogP contribution in [-0.4, -0.2) is 40.0 Å². The summed E-state index contributed by atoms with van der Waals surface area (Å²) in [6.45, 7) is 0.555. The van der Waals surface area contributed by atoms with Crippen LogP contribution in [0, 0.1) is 0 Å². The van der Waals surface area contributed by atoms with E-state index in [-0.39, 0.29) is 55.0 Å². The first-order valence-electron chi connectivity index (χ1n) is 12.5. The van der Waals surface area contributed by atoms with E-state index in [4.69, 9.17) is 5.11 Å². The summed E-state index contributed by atoms with van der Waals surface area (Å²) in [5.74, 6) is -2.45. The molecule has 1 aliphatic rings. The number of hydrogen-bond acceptors (Lipinski definition) is 4. The highest BCUT2D eigenvalue weighted by Crippen LogP contribution is 2.39. The van der Waals surface area contributed by atoms with E-state index in [0.717, 1.165) is 10.7 Å². The molecule has 1 atom stereocenters. The fourth-order valence-electron chi connectivity index (χ4n) is 4.76. The maximum absolute atomic E-state index is 13.9. The van der Waals surface area contributed by atoms with Crippen molar-refractivity contribution in [2.45, 2.75) is 51.2 Å². The van der Waals surface area contributed by atoms with Crippen molar-refractivity contribution in [3.05, 3.63) is 81.5 Å². The maximum Gasteiger partial charge on any atom is 0.436 e. The van der Waals surface area contributed by atoms with Crippen LogP contribution in [-0.2, 0) is 31.9 Å². The number of fused-ring (bicyclic) bond motifs is 1. The number of carbonyl (C=O) groups excluding carboxylic acids is 1. The van der Waals surface area contributed by atoms with Gasteiger partial charge in [0.15, 0.2) is 5.69 Å². The lowest BCUT2D eigenvalue weighted by atomic mass is 9.99.